The molecule has 2 aromatic rings. The summed E-state index contributed by atoms with van der Waals surface area (Å²) in [4.78, 5) is 23.9. The van der Waals surface area contributed by atoms with Gasteiger partial charge in [-0.3, -0.25) is 13.8 Å². The fraction of sp³-hybridized carbons (Fsp3) is 0.111. The Balaban J connectivity index is 1.88. The zero-order valence-corrected chi connectivity index (χ0v) is 13.7. The molecule has 0 saturated heterocycles. The maximum Gasteiger partial charge on any atom is 0.297 e. The molecule has 0 amide bonds. The van der Waals surface area contributed by atoms with E-state index in [1.54, 1.807) is 24.3 Å². The van der Waals surface area contributed by atoms with Crippen molar-refractivity contribution in [2.24, 2.45) is 0 Å². The number of carbonyl (C=O) groups is 2. The Morgan fingerprint density at radius 2 is 1.58 bits per heavy atom. The van der Waals surface area contributed by atoms with Crippen molar-refractivity contribution in [1.82, 2.24) is 0 Å². The van der Waals surface area contributed by atoms with Gasteiger partial charge in [0.25, 0.3) is 10.1 Å². The minimum Gasteiger partial charge on any atom is -0.289 e. The lowest BCUT2D eigenvalue weighted by atomic mass is 9.91. The first kappa shape index (κ1) is 16.3. The Kier molecular flexibility index (Phi) is 4.17. The van der Waals surface area contributed by atoms with E-state index >= 15 is 0 Å². The first-order valence-electron chi connectivity index (χ1n) is 7.23. The third kappa shape index (κ3) is 3.06. The molecule has 0 radical (unpaired) electrons. The highest BCUT2D eigenvalue weighted by atomic mass is 32.2. The third-order valence-electron chi connectivity index (χ3n) is 3.73. The topological polar surface area (TPSA) is 77.5 Å². The molecule has 0 aromatic heterocycles. The van der Waals surface area contributed by atoms with E-state index in [1.807, 2.05) is 6.92 Å². The molecule has 122 valence electrons. The Labute approximate surface area is 139 Å². The summed E-state index contributed by atoms with van der Waals surface area (Å²) in [6, 6.07) is 11.0. The lowest BCUT2D eigenvalue weighted by Gasteiger charge is -2.14. The number of aryl methyl sites for hydroxylation is 1. The second kappa shape index (κ2) is 6.14. The summed E-state index contributed by atoms with van der Waals surface area (Å²) in [7, 11) is -3.95. The molecule has 0 unspecified atom stereocenters. The summed E-state index contributed by atoms with van der Waals surface area (Å²) in [6.07, 6.45) is 2.39. The third-order valence-corrected chi connectivity index (χ3v) is 5.01. The standard InChI is InChI=1S/C18H14O5S/c1-12-5-7-14(8-6-12)24(21,22)23-11-13-3-2-4-15-16(19)9-10-17(20)18(13)15/h2-10H,11H2,1H3. The highest BCUT2D eigenvalue weighted by molar-refractivity contribution is 7.86. The van der Waals surface area contributed by atoms with Gasteiger partial charge in [0, 0.05) is 11.1 Å². The molecule has 0 atom stereocenters. The van der Waals surface area contributed by atoms with Crippen molar-refractivity contribution in [2.75, 3.05) is 0 Å². The summed E-state index contributed by atoms with van der Waals surface area (Å²) in [5, 5.41) is 0. The van der Waals surface area contributed by atoms with Crippen molar-refractivity contribution in [3.05, 3.63) is 76.9 Å². The maximum absolute atomic E-state index is 12.2. The average Bonchev–Trinajstić information content (AvgIpc) is 2.57. The Hall–Kier alpha value is -2.57. The number of allylic oxidation sites excluding steroid dienone is 2. The molecular formula is C18H14O5S. The number of carbonyl (C=O) groups excluding carboxylic acids is 2. The van der Waals surface area contributed by atoms with Gasteiger partial charge in [-0.1, -0.05) is 35.9 Å². The number of hydrogen-bond donors (Lipinski definition) is 0. The number of fused-ring (bicyclic) bond motifs is 1. The van der Waals surface area contributed by atoms with Gasteiger partial charge < -0.3 is 0 Å². The van der Waals surface area contributed by atoms with E-state index in [2.05, 4.69) is 0 Å². The Bertz CT molecular complexity index is 953. The summed E-state index contributed by atoms with van der Waals surface area (Å²) in [6.45, 7) is 1.54. The summed E-state index contributed by atoms with van der Waals surface area (Å²) < 4.78 is 29.6. The molecule has 2 aromatic carbocycles. The predicted molar refractivity (Wildman–Crippen MR) is 87.4 cm³/mol. The van der Waals surface area contributed by atoms with Gasteiger partial charge >= 0.3 is 0 Å². The van der Waals surface area contributed by atoms with Crippen LogP contribution in [0.3, 0.4) is 0 Å². The smallest absolute Gasteiger partial charge is 0.289 e. The number of benzene rings is 2. The molecule has 1 aliphatic rings. The zero-order chi connectivity index (χ0) is 17.3. The van der Waals surface area contributed by atoms with Crippen LogP contribution in [0.15, 0.2) is 59.5 Å². The van der Waals surface area contributed by atoms with Crippen molar-refractivity contribution < 1.29 is 22.2 Å². The van der Waals surface area contributed by atoms with E-state index in [4.69, 9.17) is 4.18 Å². The van der Waals surface area contributed by atoms with Crippen molar-refractivity contribution in [2.45, 2.75) is 18.4 Å². The molecular weight excluding hydrogens is 328 g/mol. The van der Waals surface area contributed by atoms with E-state index < -0.39 is 10.1 Å². The molecule has 0 fully saturated rings. The largest absolute Gasteiger partial charge is 0.297 e. The summed E-state index contributed by atoms with van der Waals surface area (Å²) >= 11 is 0. The highest BCUT2D eigenvalue weighted by Crippen LogP contribution is 2.23. The van der Waals surface area contributed by atoms with Crippen LogP contribution < -0.4 is 0 Å². The fourth-order valence-corrected chi connectivity index (χ4v) is 3.34. The molecule has 6 heteroatoms. The van der Waals surface area contributed by atoms with Crippen molar-refractivity contribution >= 4 is 21.7 Å². The maximum atomic E-state index is 12.2. The molecule has 0 saturated carbocycles. The quantitative estimate of drug-likeness (QED) is 0.799. The molecule has 3 rings (SSSR count). The van der Waals surface area contributed by atoms with Crippen LogP contribution in [0.1, 0.15) is 31.8 Å². The Morgan fingerprint density at radius 3 is 2.29 bits per heavy atom. The number of hydrogen-bond acceptors (Lipinski definition) is 5. The van der Waals surface area contributed by atoms with Crippen LogP contribution in [0.5, 0.6) is 0 Å². The van der Waals surface area contributed by atoms with E-state index in [0.717, 1.165) is 5.56 Å². The monoisotopic (exact) mass is 342 g/mol. The van der Waals surface area contributed by atoms with Crippen LogP contribution in [0.4, 0.5) is 0 Å². The van der Waals surface area contributed by atoms with E-state index in [9.17, 15) is 18.0 Å². The first-order valence-corrected chi connectivity index (χ1v) is 8.64. The van der Waals surface area contributed by atoms with Crippen LogP contribution in [-0.4, -0.2) is 20.0 Å². The molecule has 0 aliphatic heterocycles. The van der Waals surface area contributed by atoms with E-state index in [0.29, 0.717) is 5.56 Å². The van der Waals surface area contributed by atoms with Gasteiger partial charge in [0.1, 0.15) is 0 Å². The van der Waals surface area contributed by atoms with E-state index in [1.165, 1.54) is 30.4 Å². The molecule has 0 N–H and O–H groups in total. The van der Waals surface area contributed by atoms with Gasteiger partial charge in [-0.15, -0.1) is 0 Å². The minimum absolute atomic E-state index is 0.0418. The van der Waals surface area contributed by atoms with Crippen molar-refractivity contribution in [1.29, 1.82) is 0 Å². The van der Waals surface area contributed by atoms with Crippen LogP contribution in [-0.2, 0) is 20.9 Å². The SMILES string of the molecule is Cc1ccc(S(=O)(=O)OCc2cccc3c2C(=O)C=CC3=O)cc1. The first-order chi connectivity index (χ1) is 11.4. The number of ketones is 2. The fourth-order valence-electron chi connectivity index (χ4n) is 2.46. The Morgan fingerprint density at radius 1 is 0.917 bits per heavy atom. The van der Waals surface area contributed by atoms with E-state index in [-0.39, 0.29) is 34.2 Å². The molecule has 24 heavy (non-hydrogen) atoms. The van der Waals surface area contributed by atoms with Gasteiger partial charge in [-0.05, 0) is 36.8 Å². The summed E-state index contributed by atoms with van der Waals surface area (Å²) in [5.74, 6) is -0.621. The van der Waals surface area contributed by atoms with Crippen LogP contribution in [0.2, 0.25) is 0 Å². The van der Waals surface area contributed by atoms with Crippen LogP contribution in [0, 0.1) is 6.92 Å². The molecule has 5 nitrogen and oxygen atoms in total. The van der Waals surface area contributed by atoms with Crippen molar-refractivity contribution in [3.8, 4) is 0 Å². The number of rotatable bonds is 4. The van der Waals surface area contributed by atoms with Crippen LogP contribution in [0.25, 0.3) is 0 Å². The second-order valence-electron chi connectivity index (χ2n) is 5.43. The molecule has 1 aliphatic carbocycles. The molecule has 0 spiro atoms. The summed E-state index contributed by atoms with van der Waals surface area (Å²) in [5.41, 5.74) is 1.76. The molecule has 0 heterocycles. The predicted octanol–water partition coefficient (Wildman–Crippen LogP) is 2.84. The molecule has 0 bridgehead atoms. The van der Waals surface area contributed by atoms with Gasteiger partial charge in [0.05, 0.1) is 11.5 Å². The van der Waals surface area contributed by atoms with Gasteiger partial charge in [0.2, 0.25) is 0 Å². The highest BCUT2D eigenvalue weighted by Gasteiger charge is 2.23. The normalized spacial score (nSPS) is 13.9. The van der Waals surface area contributed by atoms with Gasteiger partial charge in [-0.2, -0.15) is 8.42 Å². The average molecular weight is 342 g/mol. The second-order valence-corrected chi connectivity index (χ2v) is 7.05. The van der Waals surface area contributed by atoms with Crippen molar-refractivity contribution in [3.63, 3.8) is 0 Å². The lowest BCUT2D eigenvalue weighted by Crippen LogP contribution is -2.16. The van der Waals surface area contributed by atoms with Crippen LogP contribution >= 0.6 is 0 Å². The van der Waals surface area contributed by atoms with Gasteiger partial charge in [0.15, 0.2) is 11.6 Å². The zero-order valence-electron chi connectivity index (χ0n) is 12.9. The lowest BCUT2D eigenvalue weighted by molar-refractivity contribution is 0.0992. The minimum atomic E-state index is -3.95. The van der Waals surface area contributed by atoms with Gasteiger partial charge in [-0.25, -0.2) is 0 Å².